The number of nitrogens with zero attached hydrogens (tertiary/aromatic N) is 1. The lowest BCUT2D eigenvalue weighted by atomic mass is 9.89. The summed E-state index contributed by atoms with van der Waals surface area (Å²) in [4.78, 5) is 2.74. The van der Waals surface area contributed by atoms with E-state index in [1.165, 1.54) is 81.1 Å². The van der Waals surface area contributed by atoms with Gasteiger partial charge in [-0.05, 0) is 62.4 Å². The molecule has 1 saturated heterocycles. The smallest absolute Gasteiger partial charge is 0.123 e. The molecule has 1 heterocycles. The maximum absolute atomic E-state index is 5.59. The number of benzene rings is 3. The Morgan fingerprint density at radius 1 is 0.800 bits per heavy atom. The minimum absolute atomic E-state index is 0.428. The van der Waals surface area contributed by atoms with Crippen LogP contribution in [0.2, 0.25) is 0 Å². The highest BCUT2D eigenvalue weighted by Crippen LogP contribution is 2.32. The fraction of sp³-hybridized carbons (Fsp3) is 0.438. The number of rotatable bonds is 13. The average Bonchev–Trinajstić information content (AvgIpc) is 2.92. The summed E-state index contributed by atoms with van der Waals surface area (Å²) in [6.45, 7) is 3.22. The second-order valence-corrected chi connectivity index (χ2v) is 9.84. The molecule has 0 radical (unpaired) electrons. The maximum Gasteiger partial charge on any atom is 0.123 e. The Hall–Kier alpha value is -2.62. The van der Waals surface area contributed by atoms with Crippen molar-refractivity contribution in [2.24, 2.45) is 0 Å². The van der Waals surface area contributed by atoms with Gasteiger partial charge in [0.25, 0.3) is 0 Å². The van der Waals surface area contributed by atoms with E-state index in [0.717, 1.165) is 12.3 Å². The molecule has 1 aliphatic heterocycles. The van der Waals surface area contributed by atoms with Crippen LogP contribution in [-0.2, 0) is 13.0 Å². The van der Waals surface area contributed by atoms with Crippen molar-refractivity contribution in [3.05, 3.63) is 102 Å². The summed E-state index contributed by atoms with van der Waals surface area (Å²) in [5.74, 6) is 0.969. The normalized spacial score (nSPS) is 18.4. The Morgan fingerprint density at radius 3 is 2.29 bits per heavy atom. The van der Waals surface area contributed by atoms with E-state index in [9.17, 15) is 0 Å². The Labute approximate surface area is 212 Å². The van der Waals surface area contributed by atoms with Gasteiger partial charge in [-0.3, -0.25) is 4.90 Å². The first-order valence-corrected chi connectivity index (χ1v) is 13.5. The summed E-state index contributed by atoms with van der Waals surface area (Å²) in [6.07, 6.45) is 10.3. The number of hydrogen-bond donors (Lipinski definition) is 1. The molecule has 1 aliphatic rings. The third kappa shape index (κ3) is 7.68. The Kier molecular flexibility index (Phi) is 10.2. The van der Waals surface area contributed by atoms with Crippen LogP contribution in [0, 0.1) is 0 Å². The van der Waals surface area contributed by atoms with Crippen LogP contribution >= 0.6 is 0 Å². The average molecular weight is 471 g/mol. The fourth-order valence-electron chi connectivity index (χ4n) is 5.53. The predicted molar refractivity (Wildman–Crippen MR) is 147 cm³/mol. The van der Waals surface area contributed by atoms with Crippen molar-refractivity contribution >= 4 is 0 Å². The molecule has 0 aromatic heterocycles. The van der Waals surface area contributed by atoms with E-state index in [-0.39, 0.29) is 0 Å². The minimum Gasteiger partial charge on any atom is -0.496 e. The summed E-state index contributed by atoms with van der Waals surface area (Å²) in [5, 5.41) is 3.90. The Morgan fingerprint density at radius 2 is 1.49 bits per heavy atom. The molecular formula is C32H42N2O. The van der Waals surface area contributed by atoms with Crippen molar-refractivity contribution in [1.82, 2.24) is 10.2 Å². The first-order chi connectivity index (χ1) is 17.3. The van der Waals surface area contributed by atoms with E-state index in [0.29, 0.717) is 12.1 Å². The maximum atomic E-state index is 5.59. The molecule has 1 N–H and O–H groups in total. The van der Waals surface area contributed by atoms with E-state index in [1.54, 1.807) is 7.11 Å². The molecule has 0 spiro atoms. The van der Waals surface area contributed by atoms with Crippen LogP contribution in [0.4, 0.5) is 0 Å². The van der Waals surface area contributed by atoms with Crippen LogP contribution in [-0.4, -0.2) is 31.1 Å². The topological polar surface area (TPSA) is 24.5 Å². The summed E-state index contributed by atoms with van der Waals surface area (Å²) in [6, 6.07) is 31.3. The number of likely N-dealkylation sites (tertiary alicyclic amines) is 1. The molecule has 0 bridgehead atoms. The molecule has 3 aromatic carbocycles. The van der Waals surface area contributed by atoms with Gasteiger partial charge in [0.05, 0.1) is 13.2 Å². The number of aryl methyl sites for hydroxylation is 1. The number of ether oxygens (including phenoxy) is 1. The van der Waals surface area contributed by atoms with E-state index in [1.807, 2.05) is 6.07 Å². The van der Waals surface area contributed by atoms with Gasteiger partial charge in [-0.15, -0.1) is 0 Å². The van der Waals surface area contributed by atoms with Crippen molar-refractivity contribution in [3.63, 3.8) is 0 Å². The molecule has 0 amide bonds. The number of unbranched alkanes of at least 4 members (excludes halogenated alkanes) is 4. The van der Waals surface area contributed by atoms with E-state index < -0.39 is 0 Å². The van der Waals surface area contributed by atoms with Gasteiger partial charge < -0.3 is 10.1 Å². The summed E-state index contributed by atoms with van der Waals surface area (Å²) in [7, 11) is 1.76. The van der Waals surface area contributed by atoms with Gasteiger partial charge in [0.15, 0.2) is 0 Å². The lowest BCUT2D eigenvalue weighted by Gasteiger charge is -2.42. The van der Waals surface area contributed by atoms with Crippen LogP contribution in [0.15, 0.2) is 84.9 Å². The van der Waals surface area contributed by atoms with Gasteiger partial charge in [-0.25, -0.2) is 0 Å². The highest BCUT2D eigenvalue weighted by molar-refractivity contribution is 5.33. The van der Waals surface area contributed by atoms with Gasteiger partial charge in [0.1, 0.15) is 5.75 Å². The van der Waals surface area contributed by atoms with Gasteiger partial charge in [-0.1, -0.05) is 98.1 Å². The predicted octanol–water partition coefficient (Wildman–Crippen LogP) is 7.18. The second-order valence-electron chi connectivity index (χ2n) is 9.84. The van der Waals surface area contributed by atoms with Crippen molar-refractivity contribution in [2.75, 3.05) is 20.2 Å². The molecule has 186 valence electrons. The van der Waals surface area contributed by atoms with Gasteiger partial charge in [0, 0.05) is 18.2 Å². The third-order valence-electron chi connectivity index (χ3n) is 7.38. The first kappa shape index (κ1) is 25.5. The molecular weight excluding hydrogens is 428 g/mol. The molecule has 1 fully saturated rings. The van der Waals surface area contributed by atoms with Crippen LogP contribution in [0.1, 0.15) is 67.7 Å². The highest BCUT2D eigenvalue weighted by Gasteiger charge is 2.32. The molecule has 0 unspecified atom stereocenters. The van der Waals surface area contributed by atoms with E-state index in [4.69, 9.17) is 4.74 Å². The zero-order chi connectivity index (χ0) is 24.1. The standard InChI is InChI=1S/C32H42N2O/c1-35-31-23-13-12-21-29(31)26-33-30-22-15-25-34(32(30)28-19-10-6-11-20-28)24-14-4-2-3-7-16-27-17-8-5-9-18-27/h5-6,8-13,17-21,23,30,32-33H,2-4,7,14-16,22,24-26H2,1H3/t30-,32-/m1/s1. The Bertz CT molecular complexity index is 975. The number of methoxy groups -OCH3 is 1. The van der Waals surface area contributed by atoms with Crippen LogP contribution in [0.25, 0.3) is 0 Å². The molecule has 4 rings (SSSR count). The zero-order valence-electron chi connectivity index (χ0n) is 21.4. The van der Waals surface area contributed by atoms with Crippen molar-refractivity contribution in [2.45, 2.75) is 70.0 Å². The van der Waals surface area contributed by atoms with E-state index in [2.05, 4.69) is 89.1 Å². The first-order valence-electron chi connectivity index (χ1n) is 13.5. The highest BCUT2D eigenvalue weighted by atomic mass is 16.5. The fourth-order valence-corrected chi connectivity index (χ4v) is 5.53. The molecule has 3 heteroatoms. The number of hydrogen-bond acceptors (Lipinski definition) is 3. The lowest BCUT2D eigenvalue weighted by molar-refractivity contribution is 0.108. The van der Waals surface area contributed by atoms with Gasteiger partial charge in [-0.2, -0.15) is 0 Å². The lowest BCUT2D eigenvalue weighted by Crippen LogP contribution is -2.48. The molecule has 0 aliphatic carbocycles. The largest absolute Gasteiger partial charge is 0.496 e. The SMILES string of the molecule is COc1ccccc1CN[C@@H]1CCCN(CCCCCCCc2ccccc2)[C@@H]1c1ccccc1. The zero-order valence-corrected chi connectivity index (χ0v) is 21.4. The molecule has 0 saturated carbocycles. The monoisotopic (exact) mass is 470 g/mol. The van der Waals surface area contributed by atoms with Gasteiger partial charge >= 0.3 is 0 Å². The summed E-state index contributed by atoms with van der Waals surface area (Å²) in [5.41, 5.74) is 4.14. The molecule has 2 atom stereocenters. The summed E-state index contributed by atoms with van der Waals surface area (Å²) < 4.78 is 5.59. The van der Waals surface area contributed by atoms with Crippen molar-refractivity contribution in [3.8, 4) is 5.75 Å². The second kappa shape index (κ2) is 14.1. The van der Waals surface area contributed by atoms with Crippen LogP contribution in [0.5, 0.6) is 5.75 Å². The quantitative estimate of drug-likeness (QED) is 0.268. The summed E-state index contributed by atoms with van der Waals surface area (Å²) >= 11 is 0. The number of piperidine rings is 1. The van der Waals surface area contributed by atoms with Crippen LogP contribution < -0.4 is 10.1 Å². The van der Waals surface area contributed by atoms with Crippen molar-refractivity contribution in [1.29, 1.82) is 0 Å². The number of nitrogens with one attached hydrogen (secondary N) is 1. The Balaban J connectivity index is 1.29. The molecule has 3 nitrogen and oxygen atoms in total. The van der Waals surface area contributed by atoms with E-state index >= 15 is 0 Å². The van der Waals surface area contributed by atoms with Crippen molar-refractivity contribution < 1.29 is 4.74 Å². The number of para-hydroxylation sites is 1. The molecule has 3 aromatic rings. The third-order valence-corrected chi connectivity index (χ3v) is 7.38. The molecule has 35 heavy (non-hydrogen) atoms. The van der Waals surface area contributed by atoms with Gasteiger partial charge in [0.2, 0.25) is 0 Å². The minimum atomic E-state index is 0.428. The van der Waals surface area contributed by atoms with Crippen LogP contribution in [0.3, 0.4) is 0 Å².